The van der Waals surface area contributed by atoms with Crippen LogP contribution in [-0.2, 0) is 0 Å². The van der Waals surface area contributed by atoms with E-state index in [-0.39, 0.29) is 5.69 Å². The second-order valence-electron chi connectivity index (χ2n) is 3.29. The number of pyridine rings is 2. The topological polar surface area (TPSA) is 80.9 Å². The van der Waals surface area contributed by atoms with Gasteiger partial charge in [0.05, 0.1) is 18.1 Å². The minimum Gasteiger partial charge on any atom is -0.384 e. The van der Waals surface area contributed by atoms with Gasteiger partial charge in [-0.25, -0.2) is 14.4 Å². The summed E-state index contributed by atoms with van der Waals surface area (Å²) in [5.41, 5.74) is 6.03. The van der Waals surface area contributed by atoms with Crippen LogP contribution in [-0.4, -0.2) is 15.9 Å². The average molecular weight is 232 g/mol. The maximum absolute atomic E-state index is 12.6. The van der Waals surface area contributed by atoms with Crippen molar-refractivity contribution in [1.29, 1.82) is 0 Å². The number of anilines is 2. The minimum atomic E-state index is -0.490. The largest absolute Gasteiger partial charge is 0.384 e. The summed E-state index contributed by atoms with van der Waals surface area (Å²) in [6.07, 6.45) is 2.41. The van der Waals surface area contributed by atoms with Crippen molar-refractivity contribution in [1.82, 2.24) is 9.97 Å². The monoisotopic (exact) mass is 232 g/mol. The molecule has 0 aliphatic heterocycles. The lowest BCUT2D eigenvalue weighted by atomic mass is 10.3. The molecule has 0 spiro atoms. The lowest BCUT2D eigenvalue weighted by Gasteiger charge is -2.04. The molecule has 2 rings (SSSR count). The molecule has 6 heteroatoms. The predicted molar refractivity (Wildman–Crippen MR) is 60.8 cm³/mol. The van der Waals surface area contributed by atoms with Gasteiger partial charge in [-0.2, -0.15) is 0 Å². The van der Waals surface area contributed by atoms with E-state index in [2.05, 4.69) is 15.3 Å². The highest BCUT2D eigenvalue weighted by molar-refractivity contribution is 6.02. The summed E-state index contributed by atoms with van der Waals surface area (Å²) in [4.78, 5) is 19.1. The van der Waals surface area contributed by atoms with Crippen LogP contribution in [0.5, 0.6) is 0 Å². The van der Waals surface area contributed by atoms with Crippen molar-refractivity contribution in [3.8, 4) is 0 Å². The standard InChI is InChI=1S/C11H9FN4O/c12-7-1-3-9(14-5-7)11(17)16-8-2-4-10(13)15-6-8/h1-6H,(H2,13,15)(H,16,17). The maximum atomic E-state index is 12.6. The molecule has 2 aromatic heterocycles. The Balaban J connectivity index is 2.11. The number of carbonyl (C=O) groups is 1. The van der Waals surface area contributed by atoms with Crippen molar-refractivity contribution in [3.05, 3.63) is 48.2 Å². The molecule has 0 aliphatic carbocycles. The van der Waals surface area contributed by atoms with Gasteiger partial charge in [0.25, 0.3) is 5.91 Å². The van der Waals surface area contributed by atoms with Crippen LogP contribution in [0.4, 0.5) is 15.9 Å². The van der Waals surface area contributed by atoms with E-state index in [0.29, 0.717) is 11.5 Å². The Bertz CT molecular complexity index is 524. The summed E-state index contributed by atoms with van der Waals surface area (Å²) in [6, 6.07) is 5.65. The third-order valence-electron chi connectivity index (χ3n) is 2.00. The number of rotatable bonds is 2. The number of carbonyl (C=O) groups excluding carboxylic acids is 1. The van der Waals surface area contributed by atoms with Crippen LogP contribution in [0.3, 0.4) is 0 Å². The van der Waals surface area contributed by atoms with Gasteiger partial charge in [0.1, 0.15) is 17.3 Å². The molecule has 0 bridgehead atoms. The van der Waals surface area contributed by atoms with E-state index < -0.39 is 11.7 Å². The van der Waals surface area contributed by atoms with Gasteiger partial charge in [-0.15, -0.1) is 0 Å². The fourth-order valence-electron chi connectivity index (χ4n) is 1.18. The molecule has 2 aromatic rings. The first kappa shape index (κ1) is 11.0. The smallest absolute Gasteiger partial charge is 0.274 e. The molecule has 0 aromatic carbocycles. The lowest BCUT2D eigenvalue weighted by molar-refractivity contribution is 0.102. The van der Waals surface area contributed by atoms with Gasteiger partial charge in [-0.1, -0.05) is 0 Å². The molecule has 0 unspecified atom stereocenters. The first-order chi connectivity index (χ1) is 8.15. The molecule has 0 fully saturated rings. The van der Waals surface area contributed by atoms with E-state index in [9.17, 15) is 9.18 Å². The van der Waals surface area contributed by atoms with Crippen LogP contribution in [0.2, 0.25) is 0 Å². The number of amides is 1. The second kappa shape index (κ2) is 4.56. The van der Waals surface area contributed by atoms with Crippen LogP contribution in [0.15, 0.2) is 36.7 Å². The lowest BCUT2D eigenvalue weighted by Crippen LogP contribution is -2.13. The zero-order valence-electron chi connectivity index (χ0n) is 8.72. The van der Waals surface area contributed by atoms with Gasteiger partial charge in [0.2, 0.25) is 0 Å². The molecule has 86 valence electrons. The zero-order valence-corrected chi connectivity index (χ0v) is 8.72. The summed E-state index contributed by atoms with van der Waals surface area (Å²) >= 11 is 0. The number of nitrogens with zero attached hydrogens (tertiary/aromatic N) is 2. The van der Waals surface area contributed by atoms with Crippen molar-refractivity contribution < 1.29 is 9.18 Å². The highest BCUT2D eigenvalue weighted by atomic mass is 19.1. The van der Waals surface area contributed by atoms with E-state index >= 15 is 0 Å². The molecule has 0 saturated heterocycles. The van der Waals surface area contributed by atoms with E-state index in [1.165, 1.54) is 18.3 Å². The number of halogens is 1. The summed E-state index contributed by atoms with van der Waals surface area (Å²) in [6.45, 7) is 0. The number of aromatic nitrogens is 2. The maximum Gasteiger partial charge on any atom is 0.274 e. The molecule has 17 heavy (non-hydrogen) atoms. The van der Waals surface area contributed by atoms with Crippen LogP contribution in [0.1, 0.15) is 10.5 Å². The molecule has 1 amide bonds. The van der Waals surface area contributed by atoms with Crippen molar-refractivity contribution in [2.45, 2.75) is 0 Å². The second-order valence-corrected chi connectivity index (χ2v) is 3.29. The molecular weight excluding hydrogens is 223 g/mol. The molecule has 0 saturated carbocycles. The summed E-state index contributed by atoms with van der Waals surface area (Å²) in [7, 11) is 0. The number of nitrogens with one attached hydrogen (secondary N) is 1. The van der Waals surface area contributed by atoms with Gasteiger partial charge >= 0.3 is 0 Å². The zero-order chi connectivity index (χ0) is 12.3. The minimum absolute atomic E-state index is 0.128. The van der Waals surface area contributed by atoms with E-state index in [1.54, 1.807) is 12.1 Å². The van der Waals surface area contributed by atoms with Gasteiger partial charge in [-0.3, -0.25) is 4.79 Å². The summed E-state index contributed by atoms with van der Waals surface area (Å²) in [5, 5.41) is 2.56. The van der Waals surface area contributed by atoms with Crippen LogP contribution < -0.4 is 11.1 Å². The average Bonchev–Trinajstić information content (AvgIpc) is 2.33. The van der Waals surface area contributed by atoms with Gasteiger partial charge in [-0.05, 0) is 24.3 Å². The predicted octanol–water partition coefficient (Wildman–Crippen LogP) is 1.45. The van der Waals surface area contributed by atoms with Crippen molar-refractivity contribution in [2.24, 2.45) is 0 Å². The van der Waals surface area contributed by atoms with E-state index in [1.807, 2.05) is 0 Å². The highest BCUT2D eigenvalue weighted by Gasteiger charge is 2.07. The van der Waals surface area contributed by atoms with Crippen LogP contribution in [0.25, 0.3) is 0 Å². The third-order valence-corrected chi connectivity index (χ3v) is 2.00. The molecule has 0 aliphatic rings. The van der Waals surface area contributed by atoms with Gasteiger partial charge in [0, 0.05) is 0 Å². The third kappa shape index (κ3) is 2.75. The van der Waals surface area contributed by atoms with Crippen molar-refractivity contribution >= 4 is 17.4 Å². The van der Waals surface area contributed by atoms with E-state index in [0.717, 1.165) is 6.20 Å². The number of hydrogen-bond donors (Lipinski definition) is 2. The van der Waals surface area contributed by atoms with E-state index in [4.69, 9.17) is 5.73 Å². The molecule has 3 N–H and O–H groups in total. The molecule has 5 nitrogen and oxygen atoms in total. The quantitative estimate of drug-likeness (QED) is 0.821. The Morgan fingerprint density at radius 3 is 2.59 bits per heavy atom. The number of nitrogens with two attached hydrogens (primary N) is 1. The molecule has 0 atom stereocenters. The van der Waals surface area contributed by atoms with Gasteiger partial charge < -0.3 is 11.1 Å². The SMILES string of the molecule is Nc1ccc(NC(=O)c2ccc(F)cn2)cn1. The van der Waals surface area contributed by atoms with Gasteiger partial charge in [0.15, 0.2) is 0 Å². The van der Waals surface area contributed by atoms with Crippen LogP contribution in [0, 0.1) is 5.82 Å². The fraction of sp³-hybridized carbons (Fsp3) is 0. The molecule has 0 radical (unpaired) electrons. The van der Waals surface area contributed by atoms with Crippen LogP contribution >= 0.6 is 0 Å². The first-order valence-electron chi connectivity index (χ1n) is 4.79. The summed E-state index contributed by atoms with van der Waals surface area (Å²) < 4.78 is 12.6. The summed E-state index contributed by atoms with van der Waals surface area (Å²) in [5.74, 6) is -0.560. The Morgan fingerprint density at radius 2 is 2.00 bits per heavy atom. The number of hydrogen-bond acceptors (Lipinski definition) is 4. The van der Waals surface area contributed by atoms with Crippen molar-refractivity contribution in [2.75, 3.05) is 11.1 Å². The number of nitrogen functional groups attached to an aromatic ring is 1. The highest BCUT2D eigenvalue weighted by Crippen LogP contribution is 2.08. The first-order valence-corrected chi connectivity index (χ1v) is 4.79. The normalized spacial score (nSPS) is 9.94. The Morgan fingerprint density at radius 1 is 1.18 bits per heavy atom. The Hall–Kier alpha value is -2.50. The molecular formula is C11H9FN4O. The van der Waals surface area contributed by atoms with Crippen molar-refractivity contribution in [3.63, 3.8) is 0 Å². The fourth-order valence-corrected chi connectivity index (χ4v) is 1.18. The molecule has 2 heterocycles. The Labute approximate surface area is 96.5 Å². The Kier molecular flexibility index (Phi) is 2.95.